The summed E-state index contributed by atoms with van der Waals surface area (Å²) in [6.45, 7) is 10.7. The fraction of sp³-hybridized carbons (Fsp3) is 0.636. The third-order valence-corrected chi connectivity index (χ3v) is 5.89. The van der Waals surface area contributed by atoms with Gasteiger partial charge in [0.2, 0.25) is 5.91 Å². The van der Waals surface area contributed by atoms with Gasteiger partial charge in [-0.05, 0) is 52.5 Å². The molecule has 2 aromatic rings. The summed E-state index contributed by atoms with van der Waals surface area (Å²) in [5, 5.41) is 4.46. The van der Waals surface area contributed by atoms with Crippen LogP contribution in [0.5, 0.6) is 0 Å². The molecule has 0 bridgehead atoms. The van der Waals surface area contributed by atoms with Crippen molar-refractivity contribution in [2.45, 2.75) is 65.9 Å². The smallest absolute Gasteiger partial charge is 0.222 e. The highest BCUT2D eigenvalue weighted by molar-refractivity contribution is 5.76. The summed E-state index contributed by atoms with van der Waals surface area (Å²) >= 11 is 0. The number of piperidine rings is 1. The summed E-state index contributed by atoms with van der Waals surface area (Å²) in [5.41, 5.74) is 5.44. The van der Waals surface area contributed by atoms with Crippen LogP contribution in [-0.2, 0) is 29.6 Å². The van der Waals surface area contributed by atoms with Crippen LogP contribution in [0.1, 0.15) is 66.1 Å². The van der Waals surface area contributed by atoms with Crippen molar-refractivity contribution in [3.05, 3.63) is 40.2 Å². The van der Waals surface area contributed by atoms with Gasteiger partial charge >= 0.3 is 0 Å². The highest BCUT2D eigenvalue weighted by atomic mass is 16.5. The third-order valence-electron chi connectivity index (χ3n) is 5.89. The van der Waals surface area contributed by atoms with E-state index in [0.717, 1.165) is 60.8 Å². The molecule has 3 rings (SSSR count). The van der Waals surface area contributed by atoms with Crippen LogP contribution in [-0.4, -0.2) is 50.3 Å². The number of carbonyl (C=O) groups excluding carboxylic acids is 1. The molecule has 3 heterocycles. The molecule has 0 saturated carbocycles. The van der Waals surface area contributed by atoms with Gasteiger partial charge in [0, 0.05) is 56.5 Å². The molecule has 1 aliphatic rings. The van der Waals surface area contributed by atoms with Gasteiger partial charge in [-0.3, -0.25) is 9.48 Å². The zero-order valence-electron chi connectivity index (χ0n) is 18.4. The summed E-state index contributed by atoms with van der Waals surface area (Å²) in [6.07, 6.45) is 5.18. The SMILES string of the molecule is CCOCc1cnc(C)nc1C1CCCN(C(=O)CCc2c(C)nn(C)c2C)C1. The van der Waals surface area contributed by atoms with Crippen molar-refractivity contribution in [2.24, 2.45) is 7.05 Å². The summed E-state index contributed by atoms with van der Waals surface area (Å²) in [7, 11) is 1.95. The summed E-state index contributed by atoms with van der Waals surface area (Å²) in [4.78, 5) is 24.0. The van der Waals surface area contributed by atoms with E-state index >= 15 is 0 Å². The molecule has 1 amide bonds. The molecule has 0 N–H and O–H groups in total. The molecule has 0 aromatic carbocycles. The van der Waals surface area contributed by atoms with Gasteiger partial charge in [0.1, 0.15) is 5.82 Å². The number of amides is 1. The van der Waals surface area contributed by atoms with Gasteiger partial charge < -0.3 is 9.64 Å². The first-order chi connectivity index (χ1) is 13.9. The van der Waals surface area contributed by atoms with Crippen LogP contribution in [0.2, 0.25) is 0 Å². The molecular formula is C22H33N5O2. The topological polar surface area (TPSA) is 73.1 Å². The fourth-order valence-corrected chi connectivity index (χ4v) is 4.19. The van der Waals surface area contributed by atoms with Crippen molar-refractivity contribution in [1.29, 1.82) is 0 Å². The monoisotopic (exact) mass is 399 g/mol. The fourth-order valence-electron chi connectivity index (χ4n) is 4.19. The van der Waals surface area contributed by atoms with E-state index < -0.39 is 0 Å². The quantitative estimate of drug-likeness (QED) is 0.716. The molecule has 0 radical (unpaired) electrons. The highest BCUT2D eigenvalue weighted by Crippen LogP contribution is 2.29. The second-order valence-corrected chi connectivity index (χ2v) is 7.92. The number of carbonyl (C=O) groups is 1. The summed E-state index contributed by atoms with van der Waals surface area (Å²) < 4.78 is 7.50. The molecule has 0 aliphatic carbocycles. The highest BCUT2D eigenvalue weighted by Gasteiger charge is 2.27. The van der Waals surface area contributed by atoms with Crippen molar-refractivity contribution >= 4 is 5.91 Å². The summed E-state index contributed by atoms with van der Waals surface area (Å²) in [6, 6.07) is 0. The van der Waals surface area contributed by atoms with E-state index in [2.05, 4.69) is 17.0 Å². The lowest BCUT2D eigenvalue weighted by Gasteiger charge is -2.33. The molecule has 7 nitrogen and oxygen atoms in total. The molecule has 1 unspecified atom stereocenters. The van der Waals surface area contributed by atoms with Gasteiger partial charge in [-0.2, -0.15) is 5.10 Å². The molecule has 1 saturated heterocycles. The van der Waals surface area contributed by atoms with Gasteiger partial charge in [-0.15, -0.1) is 0 Å². The first kappa shape index (κ1) is 21.4. The van der Waals surface area contributed by atoms with Crippen LogP contribution >= 0.6 is 0 Å². The van der Waals surface area contributed by atoms with Crippen LogP contribution in [0.4, 0.5) is 0 Å². The maximum atomic E-state index is 12.9. The lowest BCUT2D eigenvalue weighted by molar-refractivity contribution is -0.132. The lowest BCUT2D eigenvalue weighted by Crippen LogP contribution is -2.39. The lowest BCUT2D eigenvalue weighted by atomic mass is 9.91. The van der Waals surface area contributed by atoms with E-state index in [0.29, 0.717) is 19.6 Å². The second-order valence-electron chi connectivity index (χ2n) is 7.92. The van der Waals surface area contributed by atoms with Crippen molar-refractivity contribution in [2.75, 3.05) is 19.7 Å². The number of aromatic nitrogens is 4. The maximum absolute atomic E-state index is 12.9. The number of aryl methyl sites for hydroxylation is 3. The Balaban J connectivity index is 1.67. The number of hydrogen-bond acceptors (Lipinski definition) is 5. The molecule has 158 valence electrons. The van der Waals surface area contributed by atoms with Gasteiger partial charge in [-0.25, -0.2) is 9.97 Å². The predicted molar refractivity (Wildman–Crippen MR) is 112 cm³/mol. The average Bonchev–Trinajstić information content (AvgIpc) is 2.96. The first-order valence-electron chi connectivity index (χ1n) is 10.6. The number of hydrogen-bond donors (Lipinski definition) is 0. The molecular weight excluding hydrogens is 366 g/mol. The minimum Gasteiger partial charge on any atom is -0.377 e. The zero-order chi connectivity index (χ0) is 21.0. The molecule has 29 heavy (non-hydrogen) atoms. The van der Waals surface area contributed by atoms with Crippen molar-refractivity contribution in [3.8, 4) is 0 Å². The van der Waals surface area contributed by atoms with E-state index in [4.69, 9.17) is 9.72 Å². The molecule has 0 spiro atoms. The Morgan fingerprint density at radius 2 is 2.10 bits per heavy atom. The Morgan fingerprint density at radius 3 is 2.79 bits per heavy atom. The maximum Gasteiger partial charge on any atom is 0.222 e. The van der Waals surface area contributed by atoms with E-state index in [1.165, 1.54) is 5.56 Å². The van der Waals surface area contributed by atoms with Gasteiger partial charge in [-0.1, -0.05) is 0 Å². The van der Waals surface area contributed by atoms with Gasteiger partial charge in [0.15, 0.2) is 0 Å². The molecule has 7 heteroatoms. The van der Waals surface area contributed by atoms with Gasteiger partial charge in [0.25, 0.3) is 0 Å². The van der Waals surface area contributed by atoms with Crippen molar-refractivity contribution < 1.29 is 9.53 Å². The van der Waals surface area contributed by atoms with Crippen LogP contribution < -0.4 is 0 Å². The van der Waals surface area contributed by atoms with E-state index in [1.807, 2.05) is 43.6 Å². The van der Waals surface area contributed by atoms with Crippen LogP contribution in [0.15, 0.2) is 6.20 Å². The standard InChI is InChI=1S/C22H33N5O2/c1-6-29-14-19-12-23-17(4)24-22(19)18-8-7-11-27(13-18)21(28)10-9-20-15(2)25-26(5)16(20)3/h12,18H,6-11,13-14H2,1-5H3. The summed E-state index contributed by atoms with van der Waals surface area (Å²) in [5.74, 6) is 1.23. The third kappa shape index (κ3) is 5.01. The van der Waals surface area contributed by atoms with Crippen molar-refractivity contribution in [1.82, 2.24) is 24.6 Å². The number of nitrogens with zero attached hydrogens (tertiary/aromatic N) is 5. The zero-order valence-corrected chi connectivity index (χ0v) is 18.4. The Bertz CT molecular complexity index is 861. The Hall–Kier alpha value is -2.28. The van der Waals surface area contributed by atoms with E-state index in [-0.39, 0.29) is 11.8 Å². The number of rotatable bonds is 7. The Labute approximate surface area is 173 Å². The normalized spacial score (nSPS) is 17.0. The van der Waals surface area contributed by atoms with E-state index in [1.54, 1.807) is 0 Å². The van der Waals surface area contributed by atoms with Crippen LogP contribution in [0.3, 0.4) is 0 Å². The minimum atomic E-state index is 0.217. The molecule has 1 atom stereocenters. The largest absolute Gasteiger partial charge is 0.377 e. The second kappa shape index (κ2) is 9.48. The van der Waals surface area contributed by atoms with Gasteiger partial charge in [0.05, 0.1) is 18.0 Å². The Kier molecular flexibility index (Phi) is 7.00. The number of ether oxygens (including phenoxy) is 1. The first-order valence-corrected chi connectivity index (χ1v) is 10.6. The predicted octanol–water partition coefficient (Wildman–Crippen LogP) is 3.01. The molecule has 1 aliphatic heterocycles. The minimum absolute atomic E-state index is 0.217. The molecule has 2 aromatic heterocycles. The van der Waals surface area contributed by atoms with Crippen LogP contribution in [0, 0.1) is 20.8 Å². The number of likely N-dealkylation sites (tertiary alicyclic amines) is 1. The average molecular weight is 400 g/mol. The molecule has 1 fully saturated rings. The van der Waals surface area contributed by atoms with E-state index in [9.17, 15) is 4.79 Å². The van der Waals surface area contributed by atoms with Crippen molar-refractivity contribution in [3.63, 3.8) is 0 Å². The van der Waals surface area contributed by atoms with Crippen LogP contribution in [0.25, 0.3) is 0 Å². The Morgan fingerprint density at radius 1 is 1.31 bits per heavy atom.